The van der Waals surface area contributed by atoms with Gasteiger partial charge in [-0.3, -0.25) is 0 Å². The highest BCUT2D eigenvalue weighted by Crippen LogP contribution is 2.16. The molecule has 1 saturated heterocycles. The van der Waals surface area contributed by atoms with Crippen molar-refractivity contribution in [3.63, 3.8) is 0 Å². The van der Waals surface area contributed by atoms with E-state index in [1.807, 2.05) is 0 Å². The first-order valence-corrected chi connectivity index (χ1v) is 3.32. The molecule has 3 N–H and O–H groups in total. The zero-order valence-corrected chi connectivity index (χ0v) is 5.60. The molecule has 0 spiro atoms. The fraction of sp³-hybridized carbons (Fsp3) is 1.00. The lowest BCUT2D eigenvalue weighted by Crippen LogP contribution is -2.39. The molecule has 1 rings (SSSR count). The molecule has 1 heterocycles. The van der Waals surface area contributed by atoms with Gasteiger partial charge in [-0.2, -0.15) is 0 Å². The smallest absolute Gasteiger partial charge is 0.180 e. The summed E-state index contributed by atoms with van der Waals surface area (Å²) in [6.07, 6.45) is -1.49. The summed E-state index contributed by atoms with van der Waals surface area (Å²) in [6.45, 7) is 0.332. The summed E-state index contributed by atoms with van der Waals surface area (Å²) in [7, 11) is 0. The molecule has 0 aromatic heterocycles. The molecule has 0 aromatic rings. The van der Waals surface area contributed by atoms with Crippen LogP contribution in [0.4, 0.5) is 0 Å². The van der Waals surface area contributed by atoms with Crippen LogP contribution in [-0.4, -0.2) is 40.9 Å². The first-order valence-electron chi connectivity index (χ1n) is 3.32. The SMILES string of the molecule is OCC1COC(O)C(O)C1. The van der Waals surface area contributed by atoms with Crippen molar-refractivity contribution in [1.29, 1.82) is 0 Å². The van der Waals surface area contributed by atoms with Crippen LogP contribution >= 0.6 is 0 Å². The molecule has 0 amide bonds. The van der Waals surface area contributed by atoms with E-state index in [4.69, 9.17) is 20.1 Å². The van der Waals surface area contributed by atoms with Gasteiger partial charge in [0, 0.05) is 12.5 Å². The number of hydrogen-bond donors (Lipinski definition) is 3. The lowest BCUT2D eigenvalue weighted by Gasteiger charge is -2.28. The second-order valence-electron chi connectivity index (χ2n) is 2.58. The van der Waals surface area contributed by atoms with E-state index in [2.05, 4.69) is 0 Å². The predicted molar refractivity (Wildman–Crippen MR) is 33.2 cm³/mol. The highest BCUT2D eigenvalue weighted by atomic mass is 16.6. The second kappa shape index (κ2) is 3.30. The molecular formula is C6H12O4. The Morgan fingerprint density at radius 3 is 2.60 bits per heavy atom. The third kappa shape index (κ3) is 1.67. The molecule has 3 unspecified atom stereocenters. The topological polar surface area (TPSA) is 69.9 Å². The van der Waals surface area contributed by atoms with Crippen molar-refractivity contribution in [1.82, 2.24) is 0 Å². The van der Waals surface area contributed by atoms with Gasteiger partial charge in [-0.25, -0.2) is 0 Å². The van der Waals surface area contributed by atoms with Gasteiger partial charge < -0.3 is 20.1 Å². The van der Waals surface area contributed by atoms with Crippen LogP contribution in [0.1, 0.15) is 6.42 Å². The van der Waals surface area contributed by atoms with Crippen LogP contribution in [0, 0.1) is 5.92 Å². The Balaban J connectivity index is 2.33. The summed E-state index contributed by atoms with van der Waals surface area (Å²) >= 11 is 0. The molecule has 1 aliphatic heterocycles. The van der Waals surface area contributed by atoms with E-state index >= 15 is 0 Å². The van der Waals surface area contributed by atoms with Crippen molar-refractivity contribution in [2.45, 2.75) is 18.8 Å². The molecule has 3 atom stereocenters. The summed E-state index contributed by atoms with van der Waals surface area (Å²) in [5, 5.41) is 26.5. The summed E-state index contributed by atoms with van der Waals surface area (Å²) in [5.74, 6) is -0.0293. The summed E-state index contributed by atoms with van der Waals surface area (Å²) in [5.41, 5.74) is 0. The molecule has 4 nitrogen and oxygen atoms in total. The highest BCUT2D eigenvalue weighted by molar-refractivity contribution is 4.71. The Morgan fingerprint density at radius 1 is 1.40 bits per heavy atom. The third-order valence-electron chi connectivity index (χ3n) is 1.66. The van der Waals surface area contributed by atoms with Gasteiger partial charge in [-0.1, -0.05) is 0 Å². The molecule has 0 saturated carbocycles. The summed E-state index contributed by atoms with van der Waals surface area (Å²) < 4.78 is 4.74. The molecule has 4 heteroatoms. The number of aliphatic hydroxyl groups is 3. The summed E-state index contributed by atoms with van der Waals surface area (Å²) in [6, 6.07) is 0. The Morgan fingerprint density at radius 2 is 2.10 bits per heavy atom. The van der Waals surface area contributed by atoms with Crippen LogP contribution in [0.2, 0.25) is 0 Å². The quantitative estimate of drug-likeness (QED) is 0.432. The van der Waals surface area contributed by atoms with Crippen LogP contribution in [0.15, 0.2) is 0 Å². The maximum absolute atomic E-state index is 8.99. The average Bonchev–Trinajstić information content (AvgIpc) is 1.95. The van der Waals surface area contributed by atoms with Gasteiger partial charge in [0.2, 0.25) is 0 Å². The average molecular weight is 148 g/mol. The van der Waals surface area contributed by atoms with Crippen LogP contribution in [0.5, 0.6) is 0 Å². The normalized spacial score (nSPS) is 41.7. The van der Waals surface area contributed by atoms with Gasteiger partial charge in [-0.15, -0.1) is 0 Å². The molecule has 0 bridgehead atoms. The molecular weight excluding hydrogens is 136 g/mol. The third-order valence-corrected chi connectivity index (χ3v) is 1.66. The predicted octanol–water partition coefficient (Wildman–Crippen LogP) is -1.31. The monoisotopic (exact) mass is 148 g/mol. The summed E-state index contributed by atoms with van der Waals surface area (Å²) in [4.78, 5) is 0. The minimum atomic E-state index is -1.07. The van der Waals surface area contributed by atoms with Crippen molar-refractivity contribution < 1.29 is 20.1 Å². The molecule has 1 aliphatic rings. The maximum Gasteiger partial charge on any atom is 0.180 e. The maximum atomic E-state index is 8.99. The molecule has 1 fully saturated rings. The van der Waals surface area contributed by atoms with E-state index in [1.54, 1.807) is 0 Å². The molecule has 0 aliphatic carbocycles. The van der Waals surface area contributed by atoms with Gasteiger partial charge in [0.05, 0.1) is 6.61 Å². The van der Waals surface area contributed by atoms with Gasteiger partial charge in [-0.05, 0) is 6.42 Å². The fourth-order valence-corrected chi connectivity index (χ4v) is 0.999. The van der Waals surface area contributed by atoms with Gasteiger partial charge in [0.15, 0.2) is 6.29 Å². The van der Waals surface area contributed by atoms with E-state index in [-0.39, 0.29) is 12.5 Å². The van der Waals surface area contributed by atoms with Crippen LogP contribution in [0.3, 0.4) is 0 Å². The van der Waals surface area contributed by atoms with E-state index < -0.39 is 12.4 Å². The number of hydrogen-bond acceptors (Lipinski definition) is 4. The fourth-order valence-electron chi connectivity index (χ4n) is 0.999. The lowest BCUT2D eigenvalue weighted by atomic mass is 10.0. The standard InChI is InChI=1S/C6H12O4/c7-2-4-1-5(8)6(9)10-3-4/h4-9H,1-3H2. The molecule has 0 aromatic carbocycles. The van der Waals surface area contributed by atoms with E-state index in [0.29, 0.717) is 13.0 Å². The lowest BCUT2D eigenvalue weighted by molar-refractivity contribution is -0.203. The van der Waals surface area contributed by atoms with Crippen molar-refractivity contribution in [3.8, 4) is 0 Å². The van der Waals surface area contributed by atoms with Crippen LogP contribution in [0.25, 0.3) is 0 Å². The molecule has 60 valence electrons. The molecule has 10 heavy (non-hydrogen) atoms. The second-order valence-corrected chi connectivity index (χ2v) is 2.58. The van der Waals surface area contributed by atoms with E-state index in [1.165, 1.54) is 0 Å². The Labute approximate surface area is 59.1 Å². The minimum absolute atomic E-state index is 0.00375. The first-order chi connectivity index (χ1) is 4.74. The van der Waals surface area contributed by atoms with Gasteiger partial charge in [0.25, 0.3) is 0 Å². The zero-order chi connectivity index (χ0) is 7.56. The Hall–Kier alpha value is -0.160. The highest BCUT2D eigenvalue weighted by Gasteiger charge is 2.27. The largest absolute Gasteiger partial charge is 0.396 e. The van der Waals surface area contributed by atoms with Gasteiger partial charge in [0.1, 0.15) is 6.10 Å². The van der Waals surface area contributed by atoms with Crippen molar-refractivity contribution in [2.75, 3.05) is 13.2 Å². The van der Waals surface area contributed by atoms with E-state index in [0.717, 1.165) is 0 Å². The van der Waals surface area contributed by atoms with Crippen LogP contribution in [-0.2, 0) is 4.74 Å². The van der Waals surface area contributed by atoms with Crippen LogP contribution < -0.4 is 0 Å². The van der Waals surface area contributed by atoms with Crippen molar-refractivity contribution >= 4 is 0 Å². The zero-order valence-electron chi connectivity index (χ0n) is 5.60. The number of rotatable bonds is 1. The first kappa shape index (κ1) is 7.94. The van der Waals surface area contributed by atoms with Gasteiger partial charge >= 0.3 is 0 Å². The number of ether oxygens (including phenoxy) is 1. The minimum Gasteiger partial charge on any atom is -0.396 e. The Kier molecular flexibility index (Phi) is 2.62. The molecule has 0 radical (unpaired) electrons. The number of aliphatic hydroxyl groups excluding tert-OH is 3. The van der Waals surface area contributed by atoms with Crippen molar-refractivity contribution in [3.05, 3.63) is 0 Å². The van der Waals surface area contributed by atoms with Crippen molar-refractivity contribution in [2.24, 2.45) is 5.92 Å². The van der Waals surface area contributed by atoms with E-state index in [9.17, 15) is 0 Å². The Bertz CT molecular complexity index is 106.